The third kappa shape index (κ3) is 3.75. The van der Waals surface area contributed by atoms with E-state index in [0.717, 1.165) is 32.5 Å². The number of amides is 1. The molecule has 2 saturated heterocycles. The van der Waals surface area contributed by atoms with Gasteiger partial charge in [0.1, 0.15) is 11.4 Å². The van der Waals surface area contributed by atoms with Gasteiger partial charge in [0, 0.05) is 37.9 Å². The van der Waals surface area contributed by atoms with Gasteiger partial charge >= 0.3 is 6.09 Å². The number of carbonyl (C=O) groups excluding carboxylic acids is 1. The first-order chi connectivity index (χ1) is 10.8. The summed E-state index contributed by atoms with van der Waals surface area (Å²) in [6, 6.07) is 4.67. The number of nitrogens with zero attached hydrogens (tertiary/aromatic N) is 3. The topological polar surface area (TPSA) is 71.7 Å². The van der Waals surface area contributed by atoms with Crippen LogP contribution in [0.15, 0.2) is 18.3 Å². The first-order valence-corrected chi connectivity index (χ1v) is 8.26. The van der Waals surface area contributed by atoms with Crippen LogP contribution >= 0.6 is 0 Å². The molecule has 2 N–H and O–H groups in total. The van der Waals surface area contributed by atoms with Crippen molar-refractivity contribution in [2.24, 2.45) is 0 Å². The molecule has 6 heteroatoms. The molecule has 1 aromatic rings. The second-order valence-electron chi connectivity index (χ2n) is 7.53. The Hall–Kier alpha value is -1.82. The van der Waals surface area contributed by atoms with Crippen LogP contribution in [0.25, 0.3) is 0 Å². The van der Waals surface area contributed by atoms with Crippen molar-refractivity contribution in [1.29, 1.82) is 0 Å². The SMILES string of the molecule is CC(C)(C)OC(=O)N1CC2CCC(C1)N2Cc1ccc(N)nc1. The van der Waals surface area contributed by atoms with Crippen molar-refractivity contribution in [1.82, 2.24) is 14.8 Å². The maximum absolute atomic E-state index is 12.3. The van der Waals surface area contributed by atoms with Gasteiger partial charge in [-0.3, -0.25) is 4.90 Å². The van der Waals surface area contributed by atoms with Crippen LogP contribution in [-0.2, 0) is 11.3 Å². The molecule has 3 rings (SSSR count). The second kappa shape index (κ2) is 6.00. The van der Waals surface area contributed by atoms with Crippen molar-refractivity contribution in [3.05, 3.63) is 23.9 Å². The molecule has 23 heavy (non-hydrogen) atoms. The van der Waals surface area contributed by atoms with Crippen molar-refractivity contribution in [2.45, 2.75) is 57.8 Å². The Labute approximate surface area is 137 Å². The van der Waals surface area contributed by atoms with Crippen molar-refractivity contribution >= 4 is 11.9 Å². The molecule has 1 aromatic heterocycles. The van der Waals surface area contributed by atoms with Crippen molar-refractivity contribution in [3.63, 3.8) is 0 Å². The summed E-state index contributed by atoms with van der Waals surface area (Å²) < 4.78 is 5.51. The fraction of sp³-hybridized carbons (Fsp3) is 0.647. The summed E-state index contributed by atoms with van der Waals surface area (Å²) in [6.07, 6.45) is 3.91. The largest absolute Gasteiger partial charge is 0.444 e. The van der Waals surface area contributed by atoms with Gasteiger partial charge in [0.05, 0.1) is 0 Å². The lowest BCUT2D eigenvalue weighted by Crippen LogP contribution is -2.55. The van der Waals surface area contributed by atoms with E-state index in [-0.39, 0.29) is 6.09 Å². The van der Waals surface area contributed by atoms with Crippen molar-refractivity contribution in [3.8, 4) is 0 Å². The van der Waals surface area contributed by atoms with Gasteiger partial charge in [0.25, 0.3) is 0 Å². The van der Waals surface area contributed by atoms with Crippen LogP contribution in [0, 0.1) is 0 Å². The Morgan fingerprint density at radius 1 is 1.30 bits per heavy atom. The molecule has 2 bridgehead atoms. The fourth-order valence-electron chi connectivity index (χ4n) is 3.46. The quantitative estimate of drug-likeness (QED) is 0.905. The van der Waals surface area contributed by atoms with Crippen LogP contribution in [-0.4, -0.2) is 51.7 Å². The first-order valence-electron chi connectivity index (χ1n) is 8.26. The highest BCUT2D eigenvalue weighted by molar-refractivity contribution is 5.68. The number of likely N-dealkylation sites (tertiary alicyclic amines) is 1. The van der Waals surface area contributed by atoms with Gasteiger partial charge < -0.3 is 15.4 Å². The molecular weight excluding hydrogens is 292 g/mol. The number of hydrogen-bond acceptors (Lipinski definition) is 5. The number of carbonyl (C=O) groups is 1. The summed E-state index contributed by atoms with van der Waals surface area (Å²) in [7, 11) is 0. The molecule has 2 atom stereocenters. The normalized spacial score (nSPS) is 24.7. The van der Waals surface area contributed by atoms with Crippen LogP contribution in [0.1, 0.15) is 39.2 Å². The third-order valence-corrected chi connectivity index (χ3v) is 4.50. The number of pyridine rings is 1. The number of rotatable bonds is 2. The van der Waals surface area contributed by atoms with Crippen LogP contribution in [0.2, 0.25) is 0 Å². The van der Waals surface area contributed by atoms with Gasteiger partial charge in [0.2, 0.25) is 0 Å². The van der Waals surface area contributed by atoms with E-state index in [9.17, 15) is 4.79 Å². The van der Waals surface area contributed by atoms with Gasteiger partial charge in [-0.2, -0.15) is 0 Å². The Balaban J connectivity index is 1.63. The standard InChI is InChI=1S/C17H26N4O2/c1-17(2,3)23-16(22)20-10-13-5-6-14(11-20)21(13)9-12-4-7-15(18)19-8-12/h4,7-8,13-14H,5-6,9-11H2,1-3H3,(H2,18,19). The minimum absolute atomic E-state index is 0.191. The van der Waals surface area contributed by atoms with E-state index < -0.39 is 5.60 Å². The number of fused-ring (bicyclic) bond motifs is 2. The van der Waals surface area contributed by atoms with Crippen molar-refractivity contribution in [2.75, 3.05) is 18.8 Å². The summed E-state index contributed by atoms with van der Waals surface area (Å²) in [4.78, 5) is 20.8. The predicted octanol–water partition coefficient (Wildman–Crippen LogP) is 2.25. The molecule has 0 aliphatic carbocycles. The molecule has 0 spiro atoms. The summed E-state index contributed by atoms with van der Waals surface area (Å²) in [5, 5.41) is 0. The van der Waals surface area contributed by atoms with Gasteiger partial charge in [0.15, 0.2) is 0 Å². The Morgan fingerprint density at radius 3 is 2.48 bits per heavy atom. The average Bonchev–Trinajstić information content (AvgIpc) is 2.69. The maximum Gasteiger partial charge on any atom is 0.410 e. The average molecular weight is 318 g/mol. The number of nitrogen functional groups attached to an aromatic ring is 1. The maximum atomic E-state index is 12.3. The smallest absolute Gasteiger partial charge is 0.410 e. The zero-order valence-electron chi connectivity index (χ0n) is 14.2. The Bertz CT molecular complexity index is 553. The molecule has 2 aliphatic heterocycles. The lowest BCUT2D eigenvalue weighted by molar-refractivity contribution is -0.000133. The third-order valence-electron chi connectivity index (χ3n) is 4.50. The first kappa shape index (κ1) is 16.1. The van der Waals surface area contributed by atoms with Crippen LogP contribution in [0.4, 0.5) is 10.6 Å². The molecule has 2 unspecified atom stereocenters. The molecule has 6 nitrogen and oxygen atoms in total. The van der Waals surface area contributed by atoms with Gasteiger partial charge in [-0.25, -0.2) is 9.78 Å². The van der Waals surface area contributed by atoms with E-state index in [1.807, 2.05) is 44.0 Å². The van der Waals surface area contributed by atoms with Crippen LogP contribution in [0.5, 0.6) is 0 Å². The Kier molecular flexibility index (Phi) is 4.19. The number of anilines is 1. The molecule has 0 radical (unpaired) electrons. The zero-order chi connectivity index (χ0) is 16.6. The van der Waals surface area contributed by atoms with E-state index in [4.69, 9.17) is 10.5 Å². The number of nitrogens with two attached hydrogens (primary N) is 1. The van der Waals surface area contributed by atoms with E-state index >= 15 is 0 Å². The van der Waals surface area contributed by atoms with Gasteiger partial charge in [-0.05, 0) is 45.2 Å². The molecule has 3 heterocycles. The minimum atomic E-state index is -0.442. The summed E-state index contributed by atoms with van der Waals surface area (Å²) in [5.74, 6) is 0.548. The van der Waals surface area contributed by atoms with E-state index in [0.29, 0.717) is 17.9 Å². The monoisotopic (exact) mass is 318 g/mol. The van der Waals surface area contributed by atoms with E-state index in [1.165, 1.54) is 5.56 Å². The van der Waals surface area contributed by atoms with E-state index in [2.05, 4.69) is 9.88 Å². The number of piperazine rings is 1. The zero-order valence-corrected chi connectivity index (χ0v) is 14.2. The fourth-order valence-corrected chi connectivity index (χ4v) is 3.46. The van der Waals surface area contributed by atoms with Crippen molar-refractivity contribution < 1.29 is 9.53 Å². The molecule has 0 saturated carbocycles. The lowest BCUT2D eigenvalue weighted by Gasteiger charge is -2.41. The van der Waals surface area contributed by atoms with Crippen LogP contribution < -0.4 is 5.73 Å². The summed E-state index contributed by atoms with van der Waals surface area (Å²) in [6.45, 7) is 8.07. The minimum Gasteiger partial charge on any atom is -0.444 e. The molecule has 0 aromatic carbocycles. The highest BCUT2D eigenvalue weighted by Crippen LogP contribution is 2.32. The lowest BCUT2D eigenvalue weighted by atomic mass is 10.1. The van der Waals surface area contributed by atoms with Gasteiger partial charge in [-0.15, -0.1) is 0 Å². The molecule has 1 amide bonds. The molecular formula is C17H26N4O2. The van der Waals surface area contributed by atoms with Gasteiger partial charge in [-0.1, -0.05) is 6.07 Å². The summed E-state index contributed by atoms with van der Waals surface area (Å²) >= 11 is 0. The summed E-state index contributed by atoms with van der Waals surface area (Å²) in [5.41, 5.74) is 6.37. The Morgan fingerprint density at radius 2 is 1.96 bits per heavy atom. The molecule has 2 fully saturated rings. The molecule has 126 valence electrons. The highest BCUT2D eigenvalue weighted by Gasteiger charge is 2.42. The second-order valence-corrected chi connectivity index (χ2v) is 7.53. The number of hydrogen-bond donors (Lipinski definition) is 1. The highest BCUT2D eigenvalue weighted by atomic mass is 16.6. The van der Waals surface area contributed by atoms with Crippen LogP contribution in [0.3, 0.4) is 0 Å². The van der Waals surface area contributed by atoms with E-state index in [1.54, 1.807) is 0 Å². The molecule has 2 aliphatic rings. The predicted molar refractivity (Wildman–Crippen MR) is 88.8 cm³/mol. The number of aromatic nitrogens is 1. The number of ether oxygens (including phenoxy) is 1.